The van der Waals surface area contributed by atoms with Gasteiger partial charge >= 0.3 is 11.9 Å². The van der Waals surface area contributed by atoms with Gasteiger partial charge in [-0.15, -0.1) is 11.3 Å². The van der Waals surface area contributed by atoms with Crippen molar-refractivity contribution in [3.63, 3.8) is 0 Å². The summed E-state index contributed by atoms with van der Waals surface area (Å²) in [5.74, 6) is -2.97. The number of H-pyrrole nitrogens is 1. The molecular weight excluding hydrogens is 438 g/mol. The van der Waals surface area contributed by atoms with Gasteiger partial charge in [-0.1, -0.05) is 0 Å². The molecule has 0 aliphatic carbocycles. The van der Waals surface area contributed by atoms with E-state index >= 15 is 0 Å². The van der Waals surface area contributed by atoms with Crippen molar-refractivity contribution >= 4 is 40.2 Å². The number of aryl methyl sites for hydroxylation is 1. The molecule has 0 aliphatic rings. The average molecular weight is 462 g/mol. The summed E-state index contributed by atoms with van der Waals surface area (Å²) in [5.41, 5.74) is 1.26. The van der Waals surface area contributed by atoms with Crippen LogP contribution in [0.25, 0.3) is 11.0 Å². The third kappa shape index (κ3) is 5.03. The number of carbonyl (C=O) groups is 3. The number of carboxylic acids is 2. The molecule has 0 fully saturated rings. The Morgan fingerprint density at radius 2 is 1.97 bits per heavy atom. The van der Waals surface area contributed by atoms with Crippen molar-refractivity contribution in [2.24, 2.45) is 0 Å². The minimum atomic E-state index is -1.30. The van der Waals surface area contributed by atoms with Crippen molar-refractivity contribution < 1.29 is 29.7 Å². The number of aromatic amines is 1. The van der Waals surface area contributed by atoms with Crippen LogP contribution in [-0.2, 0) is 9.59 Å². The summed E-state index contributed by atoms with van der Waals surface area (Å²) < 4.78 is 0. The molecular formula is C20H23N5O6S. The quantitative estimate of drug-likeness (QED) is 0.261. The molecule has 0 aromatic carbocycles. The second kappa shape index (κ2) is 9.75. The van der Waals surface area contributed by atoms with Crippen molar-refractivity contribution in [3.05, 3.63) is 39.5 Å². The number of nitrogens with zero attached hydrogens (tertiary/aromatic N) is 2. The largest absolute Gasteiger partial charge is 0.493 e. The van der Waals surface area contributed by atoms with Gasteiger partial charge in [0.2, 0.25) is 5.88 Å². The summed E-state index contributed by atoms with van der Waals surface area (Å²) >= 11 is 1.19. The maximum atomic E-state index is 12.6. The zero-order chi connectivity index (χ0) is 23.4. The number of hydrogen-bond acceptors (Lipinski definition) is 8. The number of thiophene rings is 1. The third-order valence-corrected chi connectivity index (χ3v) is 6.08. The monoisotopic (exact) mass is 461 g/mol. The molecule has 3 aromatic rings. The highest BCUT2D eigenvalue weighted by molar-refractivity contribution is 7.14. The molecule has 0 saturated heterocycles. The fraction of sp³-hybridized carbons (Fsp3) is 0.350. The van der Waals surface area contributed by atoms with Crippen LogP contribution < -0.4 is 10.6 Å². The average Bonchev–Trinajstić information content (AvgIpc) is 3.36. The minimum Gasteiger partial charge on any atom is -0.493 e. The maximum Gasteiger partial charge on any atom is 0.326 e. The van der Waals surface area contributed by atoms with Gasteiger partial charge in [0.1, 0.15) is 17.5 Å². The number of carboxylic acid groups (broad SMARTS) is 2. The van der Waals surface area contributed by atoms with Gasteiger partial charge in [0.05, 0.1) is 10.3 Å². The van der Waals surface area contributed by atoms with Gasteiger partial charge in [0.25, 0.3) is 5.91 Å². The molecule has 0 spiro atoms. The van der Waals surface area contributed by atoms with Crippen LogP contribution in [0.3, 0.4) is 0 Å². The van der Waals surface area contributed by atoms with Crippen molar-refractivity contribution in [2.45, 2.75) is 31.7 Å². The Hall–Kier alpha value is -3.51. The molecule has 11 nitrogen and oxygen atoms in total. The van der Waals surface area contributed by atoms with Crippen LogP contribution in [0.2, 0.25) is 0 Å². The molecule has 32 heavy (non-hydrogen) atoms. The lowest BCUT2D eigenvalue weighted by Crippen LogP contribution is -2.40. The van der Waals surface area contributed by atoms with Crippen LogP contribution in [-0.4, -0.2) is 67.8 Å². The molecule has 3 aromatic heterocycles. The highest BCUT2D eigenvalue weighted by Crippen LogP contribution is 2.36. The molecule has 2 atom stereocenters. The Bertz CT molecular complexity index is 1160. The molecule has 6 N–H and O–H groups in total. The van der Waals surface area contributed by atoms with E-state index in [0.717, 1.165) is 10.4 Å². The van der Waals surface area contributed by atoms with E-state index in [2.05, 4.69) is 25.6 Å². The smallest absolute Gasteiger partial charge is 0.326 e. The number of rotatable bonds is 10. The zero-order valence-corrected chi connectivity index (χ0v) is 18.2. The van der Waals surface area contributed by atoms with Gasteiger partial charge in [0.15, 0.2) is 0 Å². The summed E-state index contributed by atoms with van der Waals surface area (Å²) in [5, 5.41) is 34.4. The van der Waals surface area contributed by atoms with E-state index in [1.165, 1.54) is 11.3 Å². The zero-order valence-electron chi connectivity index (χ0n) is 17.4. The van der Waals surface area contributed by atoms with Crippen molar-refractivity contribution in [1.29, 1.82) is 0 Å². The Kier molecular flexibility index (Phi) is 7.05. The number of hydrogen-bond donors (Lipinski definition) is 6. The molecule has 0 aliphatic heterocycles. The number of amides is 1. The van der Waals surface area contributed by atoms with E-state index in [0.29, 0.717) is 28.3 Å². The predicted molar refractivity (Wildman–Crippen MR) is 116 cm³/mol. The lowest BCUT2D eigenvalue weighted by atomic mass is 9.97. The van der Waals surface area contributed by atoms with Crippen LogP contribution >= 0.6 is 11.3 Å². The third-order valence-electron chi connectivity index (χ3n) is 4.88. The number of aromatic nitrogens is 3. The minimum absolute atomic E-state index is 0.137. The summed E-state index contributed by atoms with van der Waals surface area (Å²) in [6.45, 7) is 2.17. The second-order valence-corrected chi connectivity index (χ2v) is 8.29. The Balaban J connectivity index is 1.87. The van der Waals surface area contributed by atoms with Crippen molar-refractivity contribution in [1.82, 2.24) is 25.6 Å². The van der Waals surface area contributed by atoms with E-state index in [-0.39, 0.29) is 24.6 Å². The first-order chi connectivity index (χ1) is 15.2. The van der Waals surface area contributed by atoms with Gasteiger partial charge in [-0.05, 0) is 38.1 Å². The van der Waals surface area contributed by atoms with E-state index in [9.17, 15) is 24.6 Å². The highest BCUT2D eigenvalue weighted by atomic mass is 32.1. The highest BCUT2D eigenvalue weighted by Gasteiger charge is 2.26. The summed E-state index contributed by atoms with van der Waals surface area (Å²) in [4.78, 5) is 47.2. The van der Waals surface area contributed by atoms with Crippen LogP contribution in [0.4, 0.5) is 0 Å². The lowest BCUT2D eigenvalue weighted by molar-refractivity contribution is -0.140. The molecule has 3 rings (SSSR count). The Morgan fingerprint density at radius 1 is 1.22 bits per heavy atom. The van der Waals surface area contributed by atoms with E-state index in [4.69, 9.17) is 5.11 Å². The normalized spacial score (nSPS) is 13.1. The first kappa shape index (κ1) is 23.2. The fourth-order valence-corrected chi connectivity index (χ4v) is 4.44. The van der Waals surface area contributed by atoms with Gasteiger partial charge in [0, 0.05) is 30.0 Å². The standard InChI is InChI=1S/C20H23N5O6S/c1-9-23-17-16(19(29)24-9)11(8-22-17)10(7-21-2)13-4-5-14(32-13)18(28)25-12(20(30)31)3-6-15(26)27/h4-5,8,10,12,21H,3,6-7H2,1-2H3,(H,25,28)(H,26,27)(H,30,31)(H2,22,23,24,29)/t10?,12-/m0/s1. The second-order valence-electron chi connectivity index (χ2n) is 7.17. The van der Waals surface area contributed by atoms with Crippen LogP contribution in [0.1, 0.15) is 44.7 Å². The number of nitrogens with one attached hydrogen (secondary N) is 3. The summed E-state index contributed by atoms with van der Waals surface area (Å²) in [6.07, 6.45) is 1.15. The maximum absolute atomic E-state index is 12.6. The molecule has 0 bridgehead atoms. The molecule has 170 valence electrons. The van der Waals surface area contributed by atoms with Crippen molar-refractivity contribution in [3.8, 4) is 5.88 Å². The van der Waals surface area contributed by atoms with E-state index < -0.39 is 23.9 Å². The summed E-state index contributed by atoms with van der Waals surface area (Å²) in [6, 6.07) is 2.05. The molecule has 0 radical (unpaired) electrons. The van der Waals surface area contributed by atoms with Crippen LogP contribution in [0, 0.1) is 6.92 Å². The SMILES string of the molecule is CNCC(c1ccc(C(=O)N[C@@H](CCC(=O)O)C(=O)O)s1)c1c[nH]c2nc(C)nc(O)c12. The Labute approximate surface area is 186 Å². The van der Waals surface area contributed by atoms with Gasteiger partial charge in [-0.25, -0.2) is 9.78 Å². The number of carbonyl (C=O) groups excluding carboxylic acids is 1. The Morgan fingerprint density at radius 3 is 2.62 bits per heavy atom. The molecule has 12 heteroatoms. The van der Waals surface area contributed by atoms with Gasteiger partial charge < -0.3 is 30.9 Å². The number of aromatic hydroxyl groups is 1. The topological polar surface area (TPSA) is 178 Å². The fourth-order valence-electron chi connectivity index (χ4n) is 3.41. The number of likely N-dealkylation sites (N-methyl/N-ethyl adjacent to an activating group) is 1. The van der Waals surface area contributed by atoms with Gasteiger partial charge in [-0.3, -0.25) is 9.59 Å². The lowest BCUT2D eigenvalue weighted by Gasteiger charge is -2.15. The molecule has 3 heterocycles. The number of aliphatic carboxylic acids is 2. The molecule has 1 unspecified atom stereocenters. The van der Waals surface area contributed by atoms with E-state index in [1.807, 2.05) is 0 Å². The summed E-state index contributed by atoms with van der Waals surface area (Å²) in [7, 11) is 1.78. The van der Waals surface area contributed by atoms with Gasteiger partial charge in [-0.2, -0.15) is 4.98 Å². The molecule has 0 saturated carbocycles. The van der Waals surface area contributed by atoms with E-state index in [1.54, 1.807) is 32.3 Å². The molecule has 1 amide bonds. The van der Waals surface area contributed by atoms with Crippen LogP contribution in [0.5, 0.6) is 5.88 Å². The first-order valence-electron chi connectivity index (χ1n) is 9.75. The number of fused-ring (bicyclic) bond motifs is 1. The first-order valence-corrected chi connectivity index (χ1v) is 10.6. The van der Waals surface area contributed by atoms with Crippen molar-refractivity contribution in [2.75, 3.05) is 13.6 Å². The van der Waals surface area contributed by atoms with Crippen LogP contribution in [0.15, 0.2) is 18.3 Å². The predicted octanol–water partition coefficient (Wildman–Crippen LogP) is 1.43.